The van der Waals surface area contributed by atoms with Crippen LogP contribution in [-0.4, -0.2) is 31.2 Å². The fourth-order valence-corrected chi connectivity index (χ4v) is 6.03. The smallest absolute Gasteiger partial charge is 0.119 e. The van der Waals surface area contributed by atoms with Crippen LogP contribution in [0, 0.1) is 11.8 Å². The average molecular weight is 311 g/mol. The first kappa shape index (κ1) is 13.9. The second-order valence-electron chi connectivity index (χ2n) is 7.93. The van der Waals surface area contributed by atoms with Gasteiger partial charge in [-0.15, -0.1) is 0 Å². The second kappa shape index (κ2) is 5.01. The third-order valence-electron chi connectivity index (χ3n) is 6.92. The highest BCUT2D eigenvalue weighted by Crippen LogP contribution is 2.45. The third-order valence-corrected chi connectivity index (χ3v) is 6.92. The third kappa shape index (κ3) is 1.92. The monoisotopic (exact) mass is 311 g/mol. The number of benzene rings is 1. The number of rotatable bonds is 2. The minimum Gasteiger partial charge on any atom is -0.497 e. The molecular weight excluding hydrogens is 284 g/mol. The average Bonchev–Trinajstić information content (AvgIpc) is 2.92. The molecule has 3 fully saturated rings. The Bertz CT molecular complexity index is 749. The summed E-state index contributed by atoms with van der Waals surface area (Å²) in [5, 5.41) is 1.40. The largest absolute Gasteiger partial charge is 0.497 e. The van der Waals surface area contributed by atoms with Crippen LogP contribution >= 0.6 is 0 Å². The summed E-state index contributed by atoms with van der Waals surface area (Å²) in [7, 11) is 1.76. The van der Waals surface area contributed by atoms with Crippen LogP contribution in [0.25, 0.3) is 10.9 Å². The van der Waals surface area contributed by atoms with Gasteiger partial charge in [-0.05, 0) is 43.0 Å². The Morgan fingerprint density at radius 1 is 1.30 bits per heavy atom. The van der Waals surface area contributed by atoms with Crippen molar-refractivity contribution >= 4 is 10.9 Å². The number of H-pyrrole nitrogens is 1. The van der Waals surface area contributed by atoms with Crippen LogP contribution in [0.5, 0.6) is 5.75 Å². The van der Waals surface area contributed by atoms with Crippen molar-refractivity contribution in [1.29, 1.82) is 0 Å². The fourth-order valence-electron chi connectivity index (χ4n) is 6.03. The van der Waals surface area contributed by atoms with Gasteiger partial charge < -0.3 is 14.6 Å². The molecule has 4 bridgehead atoms. The highest BCUT2D eigenvalue weighted by Gasteiger charge is 2.51. The summed E-state index contributed by atoms with van der Waals surface area (Å²) in [5.74, 6) is 3.59. The van der Waals surface area contributed by atoms with E-state index in [0.717, 1.165) is 29.5 Å². The van der Waals surface area contributed by atoms with E-state index in [1.54, 1.807) is 18.4 Å². The van der Waals surface area contributed by atoms with Gasteiger partial charge in [-0.3, -0.25) is 0 Å². The number of piperidine rings is 2. The number of quaternary nitrogens is 1. The van der Waals surface area contributed by atoms with Crippen molar-refractivity contribution in [2.75, 3.05) is 20.2 Å². The van der Waals surface area contributed by atoms with E-state index in [0.29, 0.717) is 0 Å². The molecule has 1 aromatic carbocycles. The Labute approximate surface area is 138 Å². The number of methoxy groups -OCH3 is 1. The molecule has 3 heteroatoms. The lowest BCUT2D eigenvalue weighted by Gasteiger charge is -2.50. The van der Waals surface area contributed by atoms with Gasteiger partial charge in [0, 0.05) is 34.9 Å². The van der Waals surface area contributed by atoms with Crippen LogP contribution in [0.3, 0.4) is 0 Å². The normalized spacial score (nSPS) is 35.1. The van der Waals surface area contributed by atoms with Crippen molar-refractivity contribution in [1.82, 2.24) is 4.98 Å². The van der Waals surface area contributed by atoms with Gasteiger partial charge in [0.25, 0.3) is 0 Å². The van der Waals surface area contributed by atoms with E-state index in [1.807, 2.05) is 4.90 Å². The number of hydrogen-bond donors (Lipinski definition) is 2. The van der Waals surface area contributed by atoms with Crippen LogP contribution in [-0.2, 0) is 6.42 Å². The van der Waals surface area contributed by atoms with Crippen molar-refractivity contribution < 1.29 is 9.64 Å². The number of ether oxygens (including phenoxy) is 1. The minimum absolute atomic E-state index is 0.748. The van der Waals surface area contributed by atoms with E-state index >= 15 is 0 Å². The molecule has 23 heavy (non-hydrogen) atoms. The van der Waals surface area contributed by atoms with Crippen molar-refractivity contribution in [3.63, 3.8) is 0 Å². The summed E-state index contributed by atoms with van der Waals surface area (Å²) in [6.07, 6.45) is 5.45. The molecule has 0 radical (unpaired) electrons. The van der Waals surface area contributed by atoms with Gasteiger partial charge in [-0.25, -0.2) is 0 Å². The Balaban J connectivity index is 1.66. The van der Waals surface area contributed by atoms with Crippen LogP contribution in [0.1, 0.15) is 43.4 Å². The molecule has 2 aromatic rings. The molecule has 3 nitrogen and oxygen atoms in total. The van der Waals surface area contributed by atoms with E-state index in [2.05, 4.69) is 30.1 Å². The van der Waals surface area contributed by atoms with Gasteiger partial charge in [0.2, 0.25) is 0 Å². The maximum Gasteiger partial charge on any atom is 0.119 e. The zero-order valence-electron chi connectivity index (χ0n) is 14.2. The highest BCUT2D eigenvalue weighted by molar-refractivity contribution is 5.86. The molecule has 2 N–H and O–H groups in total. The quantitative estimate of drug-likeness (QED) is 0.877. The molecule has 1 unspecified atom stereocenters. The second-order valence-corrected chi connectivity index (χ2v) is 7.93. The first-order valence-electron chi connectivity index (χ1n) is 9.31. The molecule has 3 aliphatic heterocycles. The van der Waals surface area contributed by atoms with Crippen molar-refractivity contribution in [2.24, 2.45) is 11.8 Å². The van der Waals surface area contributed by atoms with Gasteiger partial charge >= 0.3 is 0 Å². The van der Waals surface area contributed by atoms with Crippen LogP contribution in [0.4, 0.5) is 0 Å². The van der Waals surface area contributed by atoms with Gasteiger partial charge in [0.1, 0.15) is 5.75 Å². The van der Waals surface area contributed by atoms with Crippen molar-refractivity contribution in [3.8, 4) is 5.75 Å². The Morgan fingerprint density at radius 3 is 3.04 bits per heavy atom. The molecule has 1 aliphatic carbocycles. The highest BCUT2D eigenvalue weighted by atomic mass is 16.5. The molecule has 4 aliphatic rings. The lowest BCUT2D eigenvalue weighted by molar-refractivity contribution is -0.946. The molecule has 2 saturated heterocycles. The summed E-state index contributed by atoms with van der Waals surface area (Å²) < 4.78 is 5.47. The first-order valence-corrected chi connectivity index (χ1v) is 9.31. The number of fused-ring (bicyclic) bond motifs is 4. The fraction of sp³-hybridized carbons (Fsp3) is 0.600. The number of aromatic nitrogens is 1. The summed E-state index contributed by atoms with van der Waals surface area (Å²) in [5.41, 5.74) is 4.45. The van der Waals surface area contributed by atoms with Gasteiger partial charge in [-0.1, -0.05) is 6.92 Å². The van der Waals surface area contributed by atoms with Crippen LogP contribution in [0.2, 0.25) is 0 Å². The molecular formula is C20H27N2O+. The molecule has 1 aromatic heterocycles. The van der Waals surface area contributed by atoms with E-state index in [9.17, 15) is 0 Å². The van der Waals surface area contributed by atoms with Gasteiger partial charge in [-0.2, -0.15) is 0 Å². The predicted octanol–water partition coefficient (Wildman–Crippen LogP) is 2.52. The van der Waals surface area contributed by atoms with E-state index < -0.39 is 0 Å². The molecule has 1 saturated carbocycles. The first-order chi connectivity index (χ1) is 11.3. The summed E-state index contributed by atoms with van der Waals surface area (Å²) in [6, 6.07) is 7.37. The zero-order valence-corrected chi connectivity index (χ0v) is 14.2. The SMILES string of the molecule is CC[C@H]1C[C@@H]2C[C@H]3c4[nH]c5ccc(OC)cc5c4CC[NH+](C2)[C@@H]13. The van der Waals surface area contributed by atoms with Gasteiger partial charge in [0.15, 0.2) is 0 Å². The zero-order chi connectivity index (χ0) is 15.6. The van der Waals surface area contributed by atoms with Crippen LogP contribution in [0.15, 0.2) is 18.2 Å². The van der Waals surface area contributed by atoms with E-state index in [-0.39, 0.29) is 0 Å². The molecule has 122 valence electrons. The summed E-state index contributed by atoms with van der Waals surface area (Å²) >= 11 is 0. The molecule has 0 amide bonds. The number of hydrogen-bond acceptors (Lipinski definition) is 1. The lowest BCUT2D eigenvalue weighted by Crippen LogP contribution is -3.20. The molecule has 4 heterocycles. The molecule has 0 spiro atoms. The van der Waals surface area contributed by atoms with E-state index in [4.69, 9.17) is 4.74 Å². The maximum atomic E-state index is 5.47. The molecule has 6 rings (SSSR count). The Hall–Kier alpha value is -1.48. The molecule has 5 atom stereocenters. The number of aromatic amines is 1. The van der Waals surface area contributed by atoms with Crippen molar-refractivity contribution in [2.45, 2.75) is 44.6 Å². The minimum atomic E-state index is 0.748. The van der Waals surface area contributed by atoms with Gasteiger partial charge in [0.05, 0.1) is 32.2 Å². The topological polar surface area (TPSA) is 29.5 Å². The van der Waals surface area contributed by atoms with Crippen LogP contribution < -0.4 is 9.64 Å². The summed E-state index contributed by atoms with van der Waals surface area (Å²) in [6.45, 7) is 5.13. The number of nitrogens with one attached hydrogen (secondary N) is 2. The van der Waals surface area contributed by atoms with E-state index in [1.165, 1.54) is 49.7 Å². The lowest BCUT2D eigenvalue weighted by atomic mass is 9.65. The summed E-state index contributed by atoms with van der Waals surface area (Å²) in [4.78, 5) is 5.72. The predicted molar refractivity (Wildman–Crippen MR) is 92.3 cm³/mol. The Kier molecular flexibility index (Phi) is 3.03. The van der Waals surface area contributed by atoms with Crippen molar-refractivity contribution in [3.05, 3.63) is 29.5 Å². The standard InChI is InChI=1S/C20H26N2O/c1-3-13-8-12-9-17-19-15(6-7-22(11-12)20(13)17)16-10-14(23-2)4-5-18(16)21-19/h4-5,10,12-13,17,20-21H,3,6-9,11H2,1-2H3/p+1/t12-,13+,17+,20+/m1/s1. The Morgan fingerprint density at radius 2 is 2.22 bits per heavy atom. The maximum absolute atomic E-state index is 5.47.